The first-order valence-corrected chi connectivity index (χ1v) is 8.13. The van der Waals surface area contributed by atoms with E-state index in [-0.39, 0.29) is 10.7 Å². The zero-order valence-electron chi connectivity index (χ0n) is 11.8. The Bertz CT molecular complexity index is 817. The number of thioether (sulfide) groups is 1. The number of nitrogens with zero attached hydrogens (tertiary/aromatic N) is 2. The fourth-order valence-electron chi connectivity index (χ4n) is 1.86. The van der Waals surface area contributed by atoms with Crippen LogP contribution in [0, 0.1) is 11.3 Å². The number of hydrogen-bond acceptors (Lipinski definition) is 4. The van der Waals surface area contributed by atoms with Crippen molar-refractivity contribution in [2.45, 2.75) is 11.2 Å². The normalized spacial score (nSPS) is 11.1. The molecule has 0 spiro atoms. The minimum atomic E-state index is -4.75. The van der Waals surface area contributed by atoms with E-state index in [0.717, 1.165) is 10.5 Å². The maximum absolute atomic E-state index is 13.3. The third-order valence-corrected chi connectivity index (χ3v) is 4.36. The number of aliphatic carboxylic acids is 1. The lowest BCUT2D eigenvalue weighted by molar-refractivity contribution is -0.138. The van der Waals surface area contributed by atoms with Gasteiger partial charge in [0.2, 0.25) is 0 Å². The summed E-state index contributed by atoms with van der Waals surface area (Å²) in [4.78, 5) is 14.7. The van der Waals surface area contributed by atoms with Gasteiger partial charge in [-0.2, -0.15) is 18.4 Å². The molecule has 0 aliphatic heterocycles. The minimum absolute atomic E-state index is 0.0155. The molecule has 0 atom stereocenters. The summed E-state index contributed by atoms with van der Waals surface area (Å²) < 4.78 is 40.5. The summed E-state index contributed by atoms with van der Waals surface area (Å²) in [5.41, 5.74) is -1.37. The van der Waals surface area contributed by atoms with Crippen LogP contribution < -0.4 is 0 Å². The number of benzene rings is 1. The van der Waals surface area contributed by atoms with Gasteiger partial charge in [0.1, 0.15) is 11.1 Å². The van der Waals surface area contributed by atoms with Crippen molar-refractivity contribution in [3.8, 4) is 17.3 Å². The second-order valence-corrected chi connectivity index (χ2v) is 6.41. The van der Waals surface area contributed by atoms with E-state index in [1.54, 1.807) is 24.3 Å². The lowest BCUT2D eigenvalue weighted by Gasteiger charge is -2.14. The fraction of sp³-hybridized carbons (Fsp3) is 0.133. The molecule has 24 heavy (non-hydrogen) atoms. The SMILES string of the molecule is N#Cc1c(C(F)(F)F)cc(-c2ccc(Br)cc2)nc1SCC(=O)O. The predicted molar refractivity (Wildman–Crippen MR) is 85.4 cm³/mol. The van der Waals surface area contributed by atoms with Crippen molar-refractivity contribution in [2.24, 2.45) is 0 Å². The Morgan fingerprint density at radius 3 is 2.46 bits per heavy atom. The molecule has 2 rings (SSSR count). The average Bonchev–Trinajstić information content (AvgIpc) is 2.51. The van der Waals surface area contributed by atoms with Crippen LogP contribution in [-0.2, 0) is 11.0 Å². The highest BCUT2D eigenvalue weighted by Crippen LogP contribution is 2.38. The average molecular weight is 417 g/mol. The molecule has 0 amide bonds. The molecular formula is C15H8BrF3N2O2S. The summed E-state index contributed by atoms with van der Waals surface area (Å²) in [6.07, 6.45) is -4.75. The standard InChI is InChI=1S/C15H8BrF3N2O2S/c16-9-3-1-8(2-4-9)12-5-11(15(17,18)19)10(6-20)14(21-12)24-7-13(22)23/h1-5H,7H2,(H,22,23). The van der Waals surface area contributed by atoms with Crippen molar-refractivity contribution in [3.05, 3.63) is 45.9 Å². The Morgan fingerprint density at radius 1 is 1.33 bits per heavy atom. The number of hydrogen-bond donors (Lipinski definition) is 1. The molecule has 0 fully saturated rings. The van der Waals surface area contributed by atoms with Gasteiger partial charge in [0, 0.05) is 10.0 Å². The van der Waals surface area contributed by atoms with E-state index in [4.69, 9.17) is 10.4 Å². The van der Waals surface area contributed by atoms with Crippen molar-refractivity contribution in [2.75, 3.05) is 5.75 Å². The van der Waals surface area contributed by atoms with Crippen LogP contribution in [0.25, 0.3) is 11.3 Å². The van der Waals surface area contributed by atoms with Gasteiger partial charge in [-0.25, -0.2) is 4.98 Å². The van der Waals surface area contributed by atoms with E-state index in [9.17, 15) is 18.0 Å². The number of nitriles is 1. The zero-order chi connectivity index (χ0) is 17.9. The number of pyridine rings is 1. The Hall–Kier alpha value is -2.05. The number of alkyl halides is 3. The van der Waals surface area contributed by atoms with Gasteiger partial charge in [-0.1, -0.05) is 39.8 Å². The molecule has 1 heterocycles. The third kappa shape index (κ3) is 4.27. The summed E-state index contributed by atoms with van der Waals surface area (Å²) in [6, 6.07) is 8.71. The highest BCUT2D eigenvalue weighted by molar-refractivity contribution is 9.10. The largest absolute Gasteiger partial charge is 0.481 e. The molecule has 0 saturated heterocycles. The van der Waals surface area contributed by atoms with Gasteiger partial charge in [-0.05, 0) is 18.2 Å². The number of halogens is 4. The number of carbonyl (C=O) groups is 1. The topological polar surface area (TPSA) is 74.0 Å². The van der Waals surface area contributed by atoms with Gasteiger partial charge in [0.15, 0.2) is 0 Å². The first kappa shape index (κ1) is 18.3. The first-order valence-electron chi connectivity index (χ1n) is 6.35. The van der Waals surface area contributed by atoms with Crippen LogP contribution in [0.3, 0.4) is 0 Å². The second-order valence-electron chi connectivity index (χ2n) is 4.53. The molecule has 1 aromatic heterocycles. The molecule has 0 aliphatic rings. The second kappa shape index (κ2) is 7.23. The highest BCUT2D eigenvalue weighted by atomic mass is 79.9. The van der Waals surface area contributed by atoms with Gasteiger partial charge in [-0.3, -0.25) is 4.79 Å². The summed E-state index contributed by atoms with van der Waals surface area (Å²) in [5, 5.41) is 17.5. The van der Waals surface area contributed by atoms with Gasteiger partial charge in [0.05, 0.1) is 22.6 Å². The molecule has 0 aliphatic carbocycles. The summed E-state index contributed by atoms with van der Waals surface area (Å²) in [6.45, 7) is 0. The Kier molecular flexibility index (Phi) is 5.51. The van der Waals surface area contributed by atoms with Gasteiger partial charge < -0.3 is 5.11 Å². The van der Waals surface area contributed by atoms with Crippen LogP contribution in [-0.4, -0.2) is 21.8 Å². The molecule has 1 N–H and O–H groups in total. The Labute approximate surface area is 147 Å². The number of rotatable bonds is 4. The van der Waals surface area contributed by atoms with E-state index < -0.39 is 29.0 Å². The van der Waals surface area contributed by atoms with E-state index in [1.807, 2.05) is 0 Å². The quantitative estimate of drug-likeness (QED) is 0.738. The highest BCUT2D eigenvalue weighted by Gasteiger charge is 2.36. The molecule has 0 radical (unpaired) electrons. The predicted octanol–water partition coefficient (Wildman–Crippen LogP) is 4.58. The first-order chi connectivity index (χ1) is 11.2. The Morgan fingerprint density at radius 2 is 1.96 bits per heavy atom. The number of carboxylic acid groups (broad SMARTS) is 1. The van der Waals surface area contributed by atoms with Gasteiger partial charge in [-0.15, -0.1) is 0 Å². The van der Waals surface area contributed by atoms with Crippen molar-refractivity contribution in [1.29, 1.82) is 5.26 Å². The maximum atomic E-state index is 13.3. The number of carboxylic acids is 1. The molecule has 0 bridgehead atoms. The van der Waals surface area contributed by atoms with E-state index >= 15 is 0 Å². The Balaban J connectivity index is 2.64. The lowest BCUT2D eigenvalue weighted by atomic mass is 10.1. The smallest absolute Gasteiger partial charge is 0.417 e. The van der Waals surface area contributed by atoms with Gasteiger partial charge >= 0.3 is 12.1 Å². The van der Waals surface area contributed by atoms with Crippen LogP contribution >= 0.6 is 27.7 Å². The monoisotopic (exact) mass is 416 g/mol. The van der Waals surface area contributed by atoms with Crippen molar-refractivity contribution in [1.82, 2.24) is 4.98 Å². The summed E-state index contributed by atoms with van der Waals surface area (Å²) in [5.74, 6) is -1.71. The van der Waals surface area contributed by atoms with Crippen molar-refractivity contribution < 1.29 is 23.1 Å². The lowest BCUT2D eigenvalue weighted by Crippen LogP contribution is -2.11. The van der Waals surface area contributed by atoms with Crippen LogP contribution in [0.4, 0.5) is 13.2 Å². The van der Waals surface area contributed by atoms with Crippen LogP contribution in [0.2, 0.25) is 0 Å². The van der Waals surface area contributed by atoms with E-state index in [1.165, 1.54) is 6.07 Å². The molecule has 4 nitrogen and oxygen atoms in total. The minimum Gasteiger partial charge on any atom is -0.481 e. The molecule has 124 valence electrons. The van der Waals surface area contributed by atoms with Crippen molar-refractivity contribution in [3.63, 3.8) is 0 Å². The summed E-state index contributed by atoms with van der Waals surface area (Å²) in [7, 11) is 0. The van der Waals surface area contributed by atoms with Gasteiger partial charge in [0.25, 0.3) is 0 Å². The molecule has 0 saturated carbocycles. The summed E-state index contributed by atoms with van der Waals surface area (Å²) >= 11 is 3.81. The maximum Gasteiger partial charge on any atom is 0.417 e. The molecule has 2 aromatic rings. The molecule has 9 heteroatoms. The van der Waals surface area contributed by atoms with E-state index in [2.05, 4.69) is 20.9 Å². The molecule has 0 unspecified atom stereocenters. The fourth-order valence-corrected chi connectivity index (χ4v) is 2.84. The van der Waals surface area contributed by atoms with Crippen LogP contribution in [0.15, 0.2) is 39.8 Å². The molecular weight excluding hydrogens is 409 g/mol. The van der Waals surface area contributed by atoms with E-state index in [0.29, 0.717) is 17.3 Å². The third-order valence-electron chi connectivity index (χ3n) is 2.88. The molecule has 1 aromatic carbocycles. The van der Waals surface area contributed by atoms with Crippen molar-refractivity contribution >= 4 is 33.7 Å². The zero-order valence-corrected chi connectivity index (χ0v) is 14.2. The van der Waals surface area contributed by atoms with Crippen LogP contribution in [0.5, 0.6) is 0 Å². The number of aromatic nitrogens is 1. The van der Waals surface area contributed by atoms with Crippen LogP contribution in [0.1, 0.15) is 11.1 Å².